The number of anilines is 1. The van der Waals surface area contributed by atoms with Crippen LogP contribution in [0.25, 0.3) is 5.65 Å². The number of pyridine rings is 1. The van der Waals surface area contributed by atoms with Gasteiger partial charge in [0, 0.05) is 6.54 Å². The van der Waals surface area contributed by atoms with Crippen molar-refractivity contribution < 1.29 is 4.39 Å². The third-order valence-electron chi connectivity index (χ3n) is 3.32. The van der Waals surface area contributed by atoms with Gasteiger partial charge in [-0.1, -0.05) is 12.8 Å². The summed E-state index contributed by atoms with van der Waals surface area (Å²) in [4.78, 5) is 4.29. The van der Waals surface area contributed by atoms with E-state index in [2.05, 4.69) is 15.4 Å². The fraction of sp³-hybridized carbons (Fsp3) is 0.500. The smallest absolute Gasteiger partial charge is 0.243 e. The highest BCUT2D eigenvalue weighted by Crippen LogP contribution is 2.24. The van der Waals surface area contributed by atoms with Crippen LogP contribution in [-0.4, -0.2) is 21.1 Å². The van der Waals surface area contributed by atoms with Crippen LogP contribution in [0.2, 0.25) is 0 Å². The molecule has 90 valence electrons. The maximum Gasteiger partial charge on any atom is 0.243 e. The summed E-state index contributed by atoms with van der Waals surface area (Å²) in [5.74, 6) is 1.02. The third kappa shape index (κ3) is 2.23. The van der Waals surface area contributed by atoms with Crippen molar-refractivity contribution in [1.82, 2.24) is 14.6 Å². The summed E-state index contributed by atoms with van der Waals surface area (Å²) in [6.45, 7) is 0.916. The second-order valence-corrected chi connectivity index (χ2v) is 4.62. The Labute approximate surface area is 98.9 Å². The van der Waals surface area contributed by atoms with Crippen molar-refractivity contribution in [2.75, 3.05) is 11.9 Å². The van der Waals surface area contributed by atoms with Crippen molar-refractivity contribution in [2.45, 2.75) is 25.7 Å². The molecule has 2 aromatic rings. The Balaban J connectivity index is 1.72. The molecule has 0 unspecified atom stereocenters. The lowest BCUT2D eigenvalue weighted by Gasteiger charge is -2.07. The lowest BCUT2D eigenvalue weighted by atomic mass is 10.1. The Hall–Kier alpha value is -1.65. The molecule has 17 heavy (non-hydrogen) atoms. The zero-order valence-corrected chi connectivity index (χ0v) is 9.56. The highest BCUT2D eigenvalue weighted by molar-refractivity contribution is 5.43. The molecule has 0 saturated heterocycles. The van der Waals surface area contributed by atoms with Crippen molar-refractivity contribution in [1.29, 1.82) is 0 Å². The van der Waals surface area contributed by atoms with Gasteiger partial charge in [-0.05, 0) is 30.9 Å². The van der Waals surface area contributed by atoms with Gasteiger partial charge in [0.15, 0.2) is 5.65 Å². The highest BCUT2D eigenvalue weighted by atomic mass is 19.1. The van der Waals surface area contributed by atoms with E-state index in [0.29, 0.717) is 11.6 Å². The predicted octanol–water partition coefficient (Wildman–Crippen LogP) is 2.47. The average molecular weight is 234 g/mol. The summed E-state index contributed by atoms with van der Waals surface area (Å²) in [5.41, 5.74) is 0.667. The van der Waals surface area contributed by atoms with Gasteiger partial charge in [-0.2, -0.15) is 4.98 Å². The van der Waals surface area contributed by atoms with E-state index in [1.807, 2.05) is 0 Å². The topological polar surface area (TPSA) is 42.2 Å². The molecule has 0 amide bonds. The third-order valence-corrected chi connectivity index (χ3v) is 3.32. The molecule has 0 atom stereocenters. The van der Waals surface area contributed by atoms with Crippen molar-refractivity contribution in [3.8, 4) is 0 Å². The molecule has 0 radical (unpaired) electrons. The molecule has 5 heteroatoms. The van der Waals surface area contributed by atoms with Gasteiger partial charge in [-0.3, -0.25) is 0 Å². The highest BCUT2D eigenvalue weighted by Gasteiger charge is 2.15. The van der Waals surface area contributed by atoms with Crippen LogP contribution in [-0.2, 0) is 0 Å². The predicted molar refractivity (Wildman–Crippen MR) is 63.4 cm³/mol. The molecule has 0 aliphatic heterocycles. The number of nitrogens with zero attached hydrogens (tertiary/aromatic N) is 3. The number of halogens is 1. The van der Waals surface area contributed by atoms with Crippen molar-refractivity contribution in [3.05, 3.63) is 24.1 Å². The average Bonchev–Trinajstić information content (AvgIpc) is 2.94. The molecule has 0 spiro atoms. The first kappa shape index (κ1) is 10.5. The molecular formula is C12H15FN4. The lowest BCUT2D eigenvalue weighted by Crippen LogP contribution is -2.11. The Kier molecular flexibility index (Phi) is 2.66. The van der Waals surface area contributed by atoms with Gasteiger partial charge in [-0.15, -0.1) is 5.10 Å². The lowest BCUT2D eigenvalue weighted by molar-refractivity contribution is 0.577. The Bertz CT molecular complexity index is 516. The molecular weight excluding hydrogens is 219 g/mol. The molecule has 0 bridgehead atoms. The monoisotopic (exact) mass is 234 g/mol. The molecule has 0 aromatic carbocycles. The van der Waals surface area contributed by atoms with E-state index in [-0.39, 0.29) is 5.82 Å². The van der Waals surface area contributed by atoms with E-state index in [9.17, 15) is 4.39 Å². The van der Waals surface area contributed by atoms with Crippen molar-refractivity contribution >= 4 is 11.6 Å². The molecule has 2 aromatic heterocycles. The Morgan fingerprint density at radius 3 is 3.00 bits per heavy atom. The summed E-state index contributed by atoms with van der Waals surface area (Å²) in [6.07, 6.45) is 6.57. The van der Waals surface area contributed by atoms with E-state index in [4.69, 9.17) is 0 Å². The van der Waals surface area contributed by atoms with Crippen LogP contribution >= 0.6 is 0 Å². The number of rotatable bonds is 3. The van der Waals surface area contributed by atoms with Crippen LogP contribution in [0.4, 0.5) is 10.3 Å². The van der Waals surface area contributed by atoms with E-state index >= 15 is 0 Å². The fourth-order valence-corrected chi connectivity index (χ4v) is 2.38. The molecule has 1 fully saturated rings. The van der Waals surface area contributed by atoms with Gasteiger partial charge in [0.05, 0.1) is 6.20 Å². The first-order valence-corrected chi connectivity index (χ1v) is 6.07. The molecule has 4 nitrogen and oxygen atoms in total. The summed E-state index contributed by atoms with van der Waals surface area (Å²) in [5, 5.41) is 7.42. The van der Waals surface area contributed by atoms with Crippen LogP contribution in [0, 0.1) is 11.7 Å². The number of hydrogen-bond acceptors (Lipinski definition) is 3. The molecule has 1 saturated carbocycles. The van der Waals surface area contributed by atoms with Crippen molar-refractivity contribution in [3.63, 3.8) is 0 Å². The standard InChI is InChI=1S/C12H15FN4/c13-10-5-6-11-15-12(16-17(11)8-10)14-7-9-3-1-2-4-9/h5-6,8-9H,1-4,7H2,(H,14,16). The number of nitrogens with one attached hydrogen (secondary N) is 1. The van der Waals surface area contributed by atoms with Crippen LogP contribution in [0.1, 0.15) is 25.7 Å². The maximum atomic E-state index is 13.0. The van der Waals surface area contributed by atoms with E-state index in [1.165, 1.54) is 42.5 Å². The van der Waals surface area contributed by atoms with Gasteiger partial charge in [0.2, 0.25) is 5.95 Å². The number of aromatic nitrogens is 3. The largest absolute Gasteiger partial charge is 0.353 e. The van der Waals surface area contributed by atoms with Crippen molar-refractivity contribution in [2.24, 2.45) is 5.92 Å². The first-order valence-electron chi connectivity index (χ1n) is 6.07. The zero-order chi connectivity index (χ0) is 11.7. The number of fused-ring (bicyclic) bond motifs is 1. The van der Waals surface area contributed by atoms with Gasteiger partial charge in [0.25, 0.3) is 0 Å². The van der Waals surface area contributed by atoms with Gasteiger partial charge in [0.1, 0.15) is 5.82 Å². The van der Waals surface area contributed by atoms with Crippen LogP contribution in [0.15, 0.2) is 18.3 Å². The zero-order valence-electron chi connectivity index (χ0n) is 9.56. The van der Waals surface area contributed by atoms with E-state index in [0.717, 1.165) is 12.5 Å². The Morgan fingerprint density at radius 2 is 2.18 bits per heavy atom. The summed E-state index contributed by atoms with van der Waals surface area (Å²) in [6, 6.07) is 3.02. The van der Waals surface area contributed by atoms with E-state index in [1.54, 1.807) is 6.07 Å². The molecule has 3 rings (SSSR count). The van der Waals surface area contributed by atoms with Gasteiger partial charge in [-0.25, -0.2) is 8.91 Å². The molecule has 2 heterocycles. The SMILES string of the molecule is Fc1ccc2nc(NCC3CCCC3)nn2c1. The normalized spacial score (nSPS) is 16.8. The second kappa shape index (κ2) is 4.31. The molecule has 1 aliphatic rings. The van der Waals surface area contributed by atoms with Gasteiger partial charge >= 0.3 is 0 Å². The van der Waals surface area contributed by atoms with Gasteiger partial charge < -0.3 is 5.32 Å². The molecule has 1 N–H and O–H groups in total. The van der Waals surface area contributed by atoms with Crippen LogP contribution < -0.4 is 5.32 Å². The van der Waals surface area contributed by atoms with E-state index < -0.39 is 0 Å². The Morgan fingerprint density at radius 1 is 1.35 bits per heavy atom. The minimum absolute atomic E-state index is 0.301. The maximum absolute atomic E-state index is 13.0. The minimum Gasteiger partial charge on any atom is -0.353 e. The summed E-state index contributed by atoms with van der Waals surface area (Å²) < 4.78 is 14.4. The fourth-order valence-electron chi connectivity index (χ4n) is 2.38. The number of hydrogen-bond donors (Lipinski definition) is 1. The second-order valence-electron chi connectivity index (χ2n) is 4.62. The molecule has 1 aliphatic carbocycles. The first-order chi connectivity index (χ1) is 8.31. The minimum atomic E-state index is -0.301. The summed E-state index contributed by atoms with van der Waals surface area (Å²) in [7, 11) is 0. The summed E-state index contributed by atoms with van der Waals surface area (Å²) >= 11 is 0. The van der Waals surface area contributed by atoms with Crippen LogP contribution in [0.5, 0.6) is 0 Å². The quantitative estimate of drug-likeness (QED) is 0.887. The van der Waals surface area contributed by atoms with Crippen LogP contribution in [0.3, 0.4) is 0 Å².